The first-order valence-corrected chi connectivity index (χ1v) is 13.0. The van der Waals surface area contributed by atoms with Crippen molar-refractivity contribution in [2.45, 2.75) is 38.6 Å². The van der Waals surface area contributed by atoms with Crippen LogP contribution in [0.25, 0.3) is 10.9 Å². The number of amides is 4. The molecule has 192 valence electrons. The number of aromatic nitrogens is 1. The van der Waals surface area contributed by atoms with Crippen LogP contribution in [-0.2, 0) is 22.1 Å². The Balaban J connectivity index is 1.92. The van der Waals surface area contributed by atoms with Crippen LogP contribution in [0.5, 0.6) is 0 Å². The highest BCUT2D eigenvalue weighted by molar-refractivity contribution is 7.87. The number of piperidine rings is 1. The number of hydrogen-bond acceptors (Lipinski definition) is 5. The summed E-state index contributed by atoms with van der Waals surface area (Å²) in [4.78, 5) is 36.6. The molecule has 4 amide bonds. The zero-order valence-electron chi connectivity index (χ0n) is 20.2. The molecular weight excluding hydrogens is 496 g/mol. The van der Waals surface area contributed by atoms with Gasteiger partial charge in [-0.1, -0.05) is 17.7 Å². The van der Waals surface area contributed by atoms with Crippen molar-refractivity contribution >= 4 is 50.6 Å². The smallest absolute Gasteiger partial charge is 0.329 e. The van der Waals surface area contributed by atoms with E-state index in [1.54, 1.807) is 17.7 Å². The molecule has 1 atom stereocenters. The van der Waals surface area contributed by atoms with Crippen LogP contribution in [0.1, 0.15) is 42.2 Å². The van der Waals surface area contributed by atoms with Gasteiger partial charge in [0.2, 0.25) is 5.91 Å². The first kappa shape index (κ1) is 26.8. The van der Waals surface area contributed by atoms with Crippen LogP contribution in [-0.4, -0.2) is 67.4 Å². The van der Waals surface area contributed by atoms with Gasteiger partial charge in [-0.2, -0.15) is 12.7 Å². The fourth-order valence-electron chi connectivity index (χ4n) is 4.38. The molecule has 0 spiro atoms. The van der Waals surface area contributed by atoms with Gasteiger partial charge in [0.15, 0.2) is 0 Å². The third-order valence-electron chi connectivity index (χ3n) is 6.27. The topological polar surface area (TPSA) is 142 Å². The number of carbonyl (C=O) groups excluding carboxylic acids is 3. The lowest BCUT2D eigenvalue weighted by Gasteiger charge is -2.42. The van der Waals surface area contributed by atoms with E-state index in [9.17, 15) is 22.8 Å². The van der Waals surface area contributed by atoms with Crippen molar-refractivity contribution in [3.63, 3.8) is 0 Å². The molecule has 3 rings (SSSR count). The largest absolute Gasteiger partial charge is 0.356 e. The van der Waals surface area contributed by atoms with E-state index >= 15 is 0 Å². The lowest BCUT2D eigenvalue weighted by molar-refractivity contribution is -0.119. The predicted molar refractivity (Wildman–Crippen MR) is 133 cm³/mol. The normalized spacial score (nSPS) is 18.8. The number of fused-ring (bicyclic) bond motifs is 1. The number of carbonyl (C=O) groups is 3. The SMILES string of the molecule is CNC(=O)NS(=O)(=O)N1CCCC(CCNC(C)=O)(NC(=O)c2cc3c(Cl)c(C)ccc3n2C)C1. The van der Waals surface area contributed by atoms with E-state index in [0.717, 1.165) is 20.8 Å². The van der Waals surface area contributed by atoms with Gasteiger partial charge in [0, 0.05) is 51.6 Å². The maximum absolute atomic E-state index is 13.5. The van der Waals surface area contributed by atoms with E-state index in [1.807, 2.05) is 23.8 Å². The van der Waals surface area contributed by atoms with Crippen molar-refractivity contribution in [2.75, 3.05) is 26.7 Å². The molecule has 1 aromatic heterocycles. The first-order chi connectivity index (χ1) is 16.4. The molecule has 0 radical (unpaired) electrons. The van der Waals surface area contributed by atoms with Crippen molar-refractivity contribution in [3.05, 3.63) is 34.5 Å². The second-order valence-electron chi connectivity index (χ2n) is 8.81. The third kappa shape index (κ3) is 5.88. The molecule has 1 aliphatic rings. The first-order valence-electron chi connectivity index (χ1n) is 11.2. The Morgan fingerprint density at radius 1 is 1.23 bits per heavy atom. The number of nitrogens with zero attached hydrogens (tertiary/aromatic N) is 2. The van der Waals surface area contributed by atoms with Gasteiger partial charge in [0.25, 0.3) is 5.91 Å². The fourth-order valence-corrected chi connectivity index (χ4v) is 5.85. The summed E-state index contributed by atoms with van der Waals surface area (Å²) in [5.74, 6) is -0.620. The monoisotopic (exact) mass is 526 g/mol. The average molecular weight is 527 g/mol. The summed E-state index contributed by atoms with van der Waals surface area (Å²) in [5, 5.41) is 9.28. The number of hydrogen-bond donors (Lipinski definition) is 4. The molecule has 35 heavy (non-hydrogen) atoms. The van der Waals surface area contributed by atoms with Crippen LogP contribution in [0.15, 0.2) is 18.2 Å². The van der Waals surface area contributed by atoms with E-state index in [4.69, 9.17) is 11.6 Å². The highest BCUT2D eigenvalue weighted by Gasteiger charge is 2.41. The van der Waals surface area contributed by atoms with Crippen molar-refractivity contribution in [1.82, 2.24) is 29.5 Å². The molecule has 1 saturated heterocycles. The number of rotatable bonds is 7. The Hall–Kier alpha value is -2.83. The van der Waals surface area contributed by atoms with Crippen LogP contribution >= 0.6 is 11.6 Å². The second-order valence-corrected chi connectivity index (χ2v) is 10.9. The Morgan fingerprint density at radius 2 is 1.94 bits per heavy atom. The number of halogens is 1. The van der Waals surface area contributed by atoms with Gasteiger partial charge in [-0.25, -0.2) is 9.52 Å². The molecule has 0 aliphatic carbocycles. The Morgan fingerprint density at radius 3 is 2.60 bits per heavy atom. The quantitative estimate of drug-likeness (QED) is 0.431. The maximum atomic E-state index is 13.5. The number of benzene rings is 1. The number of urea groups is 1. The van der Waals surface area contributed by atoms with Crippen LogP contribution in [0, 0.1) is 6.92 Å². The summed E-state index contributed by atoms with van der Waals surface area (Å²) in [5.41, 5.74) is 1.08. The standard InChI is InChI=1S/C22H31ClN6O5S/c1-14-6-7-17-16(19(14)23)12-18(28(17)4)20(31)26-22(9-10-25-15(2)30)8-5-11-29(13-22)35(33,34)27-21(32)24-3/h6-7,12H,5,8-11,13H2,1-4H3,(H,25,30)(H,26,31)(H2,24,27,32). The molecule has 0 saturated carbocycles. The number of aryl methyl sites for hydroxylation is 2. The summed E-state index contributed by atoms with van der Waals surface area (Å²) in [6, 6.07) is 4.63. The van der Waals surface area contributed by atoms with Crippen LogP contribution in [0.3, 0.4) is 0 Å². The van der Waals surface area contributed by atoms with Crippen LogP contribution < -0.4 is 20.7 Å². The minimum Gasteiger partial charge on any atom is -0.356 e. The van der Waals surface area contributed by atoms with E-state index in [0.29, 0.717) is 30.0 Å². The van der Waals surface area contributed by atoms with Crippen LogP contribution in [0.2, 0.25) is 5.02 Å². The van der Waals surface area contributed by atoms with E-state index < -0.39 is 27.7 Å². The van der Waals surface area contributed by atoms with Crippen LogP contribution in [0.4, 0.5) is 4.79 Å². The summed E-state index contributed by atoms with van der Waals surface area (Å²) in [6.45, 7) is 3.64. The second kappa shape index (κ2) is 10.4. The molecule has 13 heteroatoms. The molecule has 11 nitrogen and oxygen atoms in total. The summed E-state index contributed by atoms with van der Waals surface area (Å²) in [7, 11) is -1.06. The summed E-state index contributed by atoms with van der Waals surface area (Å²) >= 11 is 6.46. The molecular formula is C22H31ClN6O5S. The minimum absolute atomic E-state index is 0.0611. The zero-order valence-corrected chi connectivity index (χ0v) is 21.8. The van der Waals surface area contributed by atoms with Gasteiger partial charge in [0.1, 0.15) is 5.69 Å². The molecule has 4 N–H and O–H groups in total. The highest BCUT2D eigenvalue weighted by atomic mass is 35.5. The maximum Gasteiger partial charge on any atom is 0.329 e. The van der Waals surface area contributed by atoms with E-state index in [2.05, 4.69) is 16.0 Å². The molecule has 2 heterocycles. The summed E-state index contributed by atoms with van der Waals surface area (Å²) in [6.07, 6.45) is 1.25. The predicted octanol–water partition coefficient (Wildman–Crippen LogP) is 1.40. The van der Waals surface area contributed by atoms with Gasteiger partial charge >= 0.3 is 16.2 Å². The Kier molecular flexibility index (Phi) is 7.97. The van der Waals surface area contributed by atoms with Gasteiger partial charge in [0.05, 0.1) is 10.6 Å². The minimum atomic E-state index is -4.14. The molecule has 0 bridgehead atoms. The van der Waals surface area contributed by atoms with E-state index in [-0.39, 0.29) is 25.5 Å². The van der Waals surface area contributed by atoms with Crippen molar-refractivity contribution in [3.8, 4) is 0 Å². The lowest BCUT2D eigenvalue weighted by atomic mass is 9.86. The molecule has 2 aromatic rings. The Labute approximate surface area is 209 Å². The molecule has 1 aromatic carbocycles. The summed E-state index contributed by atoms with van der Waals surface area (Å²) < 4.78 is 30.4. The lowest BCUT2D eigenvalue weighted by Crippen LogP contribution is -2.62. The van der Waals surface area contributed by atoms with Gasteiger partial charge in [-0.15, -0.1) is 0 Å². The molecule has 1 fully saturated rings. The average Bonchev–Trinajstić information content (AvgIpc) is 3.13. The number of nitrogens with one attached hydrogen (secondary N) is 4. The van der Waals surface area contributed by atoms with Crippen molar-refractivity contribution in [1.29, 1.82) is 0 Å². The fraction of sp³-hybridized carbons (Fsp3) is 0.500. The molecule has 1 aliphatic heterocycles. The van der Waals surface area contributed by atoms with Gasteiger partial charge in [-0.05, 0) is 43.9 Å². The highest BCUT2D eigenvalue weighted by Crippen LogP contribution is 2.31. The van der Waals surface area contributed by atoms with E-state index in [1.165, 1.54) is 14.0 Å². The molecule has 1 unspecified atom stereocenters. The van der Waals surface area contributed by atoms with Gasteiger partial charge in [-0.3, -0.25) is 9.59 Å². The zero-order chi connectivity index (χ0) is 26.0. The van der Waals surface area contributed by atoms with Crippen molar-refractivity contribution < 1.29 is 22.8 Å². The van der Waals surface area contributed by atoms with Crippen molar-refractivity contribution in [2.24, 2.45) is 7.05 Å². The third-order valence-corrected chi connectivity index (χ3v) is 8.21. The Bertz CT molecular complexity index is 1260. The van der Waals surface area contributed by atoms with Gasteiger partial charge < -0.3 is 20.5 Å².